The van der Waals surface area contributed by atoms with Crippen molar-refractivity contribution in [3.8, 4) is 5.75 Å². The first kappa shape index (κ1) is 20.5. The largest absolute Gasteiger partial charge is 0.414 e. The molecule has 2 aromatic carbocycles. The van der Waals surface area contributed by atoms with E-state index in [1.165, 1.54) is 29.2 Å². The number of aliphatic imine (C=N–C) groups is 1. The monoisotopic (exact) mass is 422 g/mol. The number of ether oxygens (including phenoxy) is 1. The van der Waals surface area contributed by atoms with Gasteiger partial charge in [0.15, 0.2) is 0 Å². The van der Waals surface area contributed by atoms with Crippen molar-refractivity contribution in [2.75, 3.05) is 11.9 Å². The van der Waals surface area contributed by atoms with Crippen molar-refractivity contribution in [3.63, 3.8) is 0 Å². The number of hydrogen-bond acceptors (Lipinski definition) is 6. The fraction of sp³-hybridized carbons (Fsp3) is 0.318. The Morgan fingerprint density at radius 3 is 2.52 bits per heavy atom. The molecular formula is C22H22N4O5. The molecule has 4 rings (SSSR count). The zero-order chi connectivity index (χ0) is 22.0. The molecule has 31 heavy (non-hydrogen) atoms. The minimum Gasteiger partial charge on any atom is -0.410 e. The molecule has 0 unspecified atom stereocenters. The molecule has 1 heterocycles. The lowest BCUT2D eigenvalue weighted by molar-refractivity contribution is -0.384. The Labute approximate surface area is 178 Å². The van der Waals surface area contributed by atoms with Gasteiger partial charge in [-0.15, -0.1) is 0 Å². The van der Waals surface area contributed by atoms with Crippen LogP contribution in [0.2, 0.25) is 0 Å². The van der Waals surface area contributed by atoms with Crippen LogP contribution in [-0.2, 0) is 4.79 Å². The number of benzene rings is 2. The molecule has 0 aromatic heterocycles. The lowest BCUT2D eigenvalue weighted by Crippen LogP contribution is -2.47. The van der Waals surface area contributed by atoms with E-state index < -0.39 is 17.2 Å². The lowest BCUT2D eigenvalue weighted by Gasteiger charge is -2.20. The van der Waals surface area contributed by atoms with E-state index in [-0.39, 0.29) is 23.3 Å². The number of rotatable bonds is 4. The Kier molecular flexibility index (Phi) is 5.66. The third kappa shape index (κ3) is 4.25. The summed E-state index contributed by atoms with van der Waals surface area (Å²) < 4.78 is 5.20. The topological polar surface area (TPSA) is 114 Å². The molecule has 160 valence electrons. The number of hydrogen-bond donors (Lipinski definition) is 1. The van der Waals surface area contributed by atoms with Gasteiger partial charge in [0, 0.05) is 30.7 Å². The van der Waals surface area contributed by atoms with Gasteiger partial charge in [0.25, 0.3) is 11.6 Å². The molecule has 2 aromatic rings. The maximum atomic E-state index is 13.0. The molecule has 1 atom stereocenters. The van der Waals surface area contributed by atoms with E-state index in [1.807, 2.05) is 24.3 Å². The highest BCUT2D eigenvalue weighted by Gasteiger charge is 2.34. The van der Waals surface area contributed by atoms with Crippen LogP contribution in [0.1, 0.15) is 31.2 Å². The molecule has 1 fully saturated rings. The van der Waals surface area contributed by atoms with E-state index in [0.29, 0.717) is 0 Å². The summed E-state index contributed by atoms with van der Waals surface area (Å²) in [5, 5.41) is 13.3. The first-order valence-corrected chi connectivity index (χ1v) is 10.1. The Hall–Kier alpha value is -3.75. The van der Waals surface area contributed by atoms with Gasteiger partial charge in [-0.25, -0.2) is 4.79 Å². The number of benzodiazepines with no additional fused rings is 1. The van der Waals surface area contributed by atoms with Gasteiger partial charge >= 0.3 is 6.09 Å². The van der Waals surface area contributed by atoms with Crippen LogP contribution < -0.4 is 15.0 Å². The number of para-hydroxylation sites is 1. The second-order valence-electron chi connectivity index (χ2n) is 7.60. The fourth-order valence-corrected chi connectivity index (χ4v) is 4.05. The van der Waals surface area contributed by atoms with Crippen molar-refractivity contribution >= 4 is 29.1 Å². The number of nitrogens with zero attached hydrogens (tertiary/aromatic N) is 3. The van der Waals surface area contributed by atoms with E-state index >= 15 is 0 Å². The summed E-state index contributed by atoms with van der Waals surface area (Å²) in [5.74, 6) is -0.0163. The van der Waals surface area contributed by atoms with Crippen LogP contribution in [0.15, 0.2) is 53.5 Å². The average Bonchev–Trinajstić information content (AvgIpc) is 3.27. The van der Waals surface area contributed by atoms with Gasteiger partial charge in [0.2, 0.25) is 6.17 Å². The highest BCUT2D eigenvalue weighted by atomic mass is 16.6. The van der Waals surface area contributed by atoms with Crippen LogP contribution >= 0.6 is 0 Å². The molecular weight excluding hydrogens is 400 g/mol. The van der Waals surface area contributed by atoms with Crippen LogP contribution in [0.3, 0.4) is 0 Å². The Balaban J connectivity index is 1.58. The highest BCUT2D eigenvalue weighted by molar-refractivity contribution is 6.13. The van der Waals surface area contributed by atoms with E-state index in [9.17, 15) is 19.7 Å². The number of anilines is 1. The number of non-ortho nitro benzene ring substituents is 1. The molecule has 0 spiro atoms. The normalized spacial score (nSPS) is 18.7. The van der Waals surface area contributed by atoms with Gasteiger partial charge < -0.3 is 9.64 Å². The number of nitrogens with one attached hydrogen (secondary N) is 1. The SMILES string of the molecule is CN1C(=O)[C@H](NC(=O)Oc2ccc([N+](=O)[O-])cc2)N=C(C2CCCC2)c2ccccc21. The fourth-order valence-electron chi connectivity index (χ4n) is 4.05. The van der Waals surface area contributed by atoms with Gasteiger partial charge in [-0.3, -0.25) is 25.2 Å². The smallest absolute Gasteiger partial charge is 0.410 e. The molecule has 9 heteroatoms. The van der Waals surface area contributed by atoms with Crippen LogP contribution in [-0.4, -0.2) is 35.8 Å². The lowest BCUT2D eigenvalue weighted by atomic mass is 9.94. The number of amides is 2. The number of likely N-dealkylation sites (N-methyl/N-ethyl adjacent to an activating group) is 1. The summed E-state index contributed by atoms with van der Waals surface area (Å²) in [6.45, 7) is 0. The molecule has 2 aliphatic rings. The number of fused-ring (bicyclic) bond motifs is 1. The van der Waals surface area contributed by atoms with Crippen molar-refractivity contribution in [1.29, 1.82) is 0 Å². The Morgan fingerprint density at radius 1 is 1.16 bits per heavy atom. The summed E-state index contributed by atoms with van der Waals surface area (Å²) in [6.07, 6.45) is 2.21. The molecule has 1 aliphatic carbocycles. The van der Waals surface area contributed by atoms with Crippen molar-refractivity contribution in [2.45, 2.75) is 31.8 Å². The first-order chi connectivity index (χ1) is 14.9. The Morgan fingerprint density at radius 2 is 1.84 bits per heavy atom. The molecule has 1 aliphatic heterocycles. The predicted octanol–water partition coefficient (Wildman–Crippen LogP) is 3.67. The number of carbonyl (C=O) groups is 2. The van der Waals surface area contributed by atoms with Crippen molar-refractivity contribution in [2.24, 2.45) is 10.9 Å². The molecule has 2 amide bonds. The summed E-state index contributed by atoms with van der Waals surface area (Å²) in [7, 11) is 1.66. The van der Waals surface area contributed by atoms with Crippen molar-refractivity contribution in [1.82, 2.24) is 5.32 Å². The van der Waals surface area contributed by atoms with E-state index in [1.54, 1.807) is 7.05 Å². The van der Waals surface area contributed by atoms with Crippen LogP contribution in [0, 0.1) is 16.0 Å². The third-order valence-corrected chi connectivity index (χ3v) is 5.63. The second-order valence-corrected chi connectivity index (χ2v) is 7.60. The van der Waals surface area contributed by atoms with E-state index in [2.05, 4.69) is 10.3 Å². The van der Waals surface area contributed by atoms with E-state index in [0.717, 1.165) is 42.6 Å². The Bertz CT molecular complexity index is 1040. The highest BCUT2D eigenvalue weighted by Crippen LogP contribution is 2.34. The molecule has 1 saturated carbocycles. The van der Waals surface area contributed by atoms with Crippen molar-refractivity contribution in [3.05, 3.63) is 64.2 Å². The molecule has 1 N–H and O–H groups in total. The van der Waals surface area contributed by atoms with Crippen LogP contribution in [0.25, 0.3) is 0 Å². The summed E-state index contributed by atoms with van der Waals surface area (Å²) in [6, 6.07) is 12.7. The maximum absolute atomic E-state index is 13.0. The zero-order valence-corrected chi connectivity index (χ0v) is 17.0. The number of carbonyl (C=O) groups excluding carboxylic acids is 2. The average molecular weight is 422 g/mol. The molecule has 0 radical (unpaired) electrons. The summed E-state index contributed by atoms with van der Waals surface area (Å²) in [4.78, 5) is 41.9. The van der Waals surface area contributed by atoms with Crippen LogP contribution in [0.5, 0.6) is 5.75 Å². The maximum Gasteiger partial charge on any atom is 0.414 e. The van der Waals surface area contributed by atoms with Crippen LogP contribution in [0.4, 0.5) is 16.2 Å². The molecule has 9 nitrogen and oxygen atoms in total. The zero-order valence-electron chi connectivity index (χ0n) is 17.0. The number of nitro groups is 1. The third-order valence-electron chi connectivity index (χ3n) is 5.63. The van der Waals surface area contributed by atoms with Gasteiger partial charge in [-0.05, 0) is 31.0 Å². The minimum atomic E-state index is -1.13. The quantitative estimate of drug-likeness (QED) is 0.596. The number of nitro benzene ring substituents is 1. The first-order valence-electron chi connectivity index (χ1n) is 10.1. The van der Waals surface area contributed by atoms with Gasteiger partial charge in [0.1, 0.15) is 5.75 Å². The predicted molar refractivity (Wildman–Crippen MR) is 114 cm³/mol. The second kappa shape index (κ2) is 8.55. The van der Waals surface area contributed by atoms with Gasteiger partial charge in [-0.1, -0.05) is 31.0 Å². The van der Waals surface area contributed by atoms with Gasteiger partial charge in [-0.2, -0.15) is 0 Å². The van der Waals surface area contributed by atoms with Gasteiger partial charge in [0.05, 0.1) is 16.3 Å². The summed E-state index contributed by atoms with van der Waals surface area (Å²) in [5.41, 5.74) is 2.37. The molecule has 0 bridgehead atoms. The molecule has 0 saturated heterocycles. The van der Waals surface area contributed by atoms with E-state index in [4.69, 9.17) is 4.74 Å². The summed E-state index contributed by atoms with van der Waals surface area (Å²) >= 11 is 0. The standard InChI is InChI=1S/C22H22N4O5/c1-25-18-9-5-4-8-17(18)19(14-6-2-3-7-14)23-20(21(25)27)24-22(28)31-16-12-10-15(11-13-16)26(29)30/h4-5,8-14,20H,2-3,6-7H2,1H3,(H,24,28)/t20-/m0/s1. The van der Waals surface area contributed by atoms with Crippen molar-refractivity contribution < 1.29 is 19.2 Å². The minimum absolute atomic E-state index is 0.114.